The van der Waals surface area contributed by atoms with E-state index in [9.17, 15) is 9.59 Å². The van der Waals surface area contributed by atoms with Gasteiger partial charge in [0, 0.05) is 32.1 Å². The highest BCUT2D eigenvalue weighted by molar-refractivity contribution is 9.10. The molecule has 2 atom stereocenters. The van der Waals surface area contributed by atoms with Crippen LogP contribution >= 0.6 is 15.9 Å². The second-order valence-electron chi connectivity index (χ2n) is 6.58. The summed E-state index contributed by atoms with van der Waals surface area (Å²) in [5, 5.41) is 0. The number of furan rings is 1. The normalized spacial score (nSPS) is 22.8. The van der Waals surface area contributed by atoms with Gasteiger partial charge in [-0.05, 0) is 46.0 Å². The van der Waals surface area contributed by atoms with Crippen LogP contribution in [0.5, 0.6) is 0 Å². The van der Waals surface area contributed by atoms with Crippen molar-refractivity contribution in [2.45, 2.75) is 12.3 Å². The molecule has 2 unspecified atom stereocenters. The van der Waals surface area contributed by atoms with Crippen molar-refractivity contribution in [3.8, 4) is 0 Å². The number of carbonyl (C=O) groups excluding carboxylic acids is 2. The Balaban J connectivity index is 1.32. The summed E-state index contributed by atoms with van der Waals surface area (Å²) in [6, 6.07) is 13.6. The van der Waals surface area contributed by atoms with Gasteiger partial charge in [0.2, 0.25) is 5.91 Å². The lowest BCUT2D eigenvalue weighted by molar-refractivity contribution is -0.134. The molecule has 0 bridgehead atoms. The molecule has 2 fully saturated rings. The third kappa shape index (κ3) is 3.35. The zero-order valence-electron chi connectivity index (χ0n) is 13.7. The fourth-order valence-electron chi connectivity index (χ4n) is 3.49. The lowest BCUT2D eigenvalue weighted by Crippen LogP contribution is -2.51. The van der Waals surface area contributed by atoms with Gasteiger partial charge >= 0.3 is 0 Å². The highest BCUT2D eigenvalue weighted by Gasteiger charge is 2.46. The Hall–Kier alpha value is -2.08. The summed E-state index contributed by atoms with van der Waals surface area (Å²) >= 11 is 3.21. The molecule has 1 saturated carbocycles. The average Bonchev–Trinajstić information content (AvgIpc) is 3.35. The van der Waals surface area contributed by atoms with E-state index in [0.29, 0.717) is 42.5 Å². The first-order valence-corrected chi connectivity index (χ1v) is 9.31. The van der Waals surface area contributed by atoms with Crippen LogP contribution in [0.15, 0.2) is 51.6 Å². The minimum absolute atomic E-state index is 0.102. The molecular formula is C19H19BrN2O3. The highest BCUT2D eigenvalue weighted by Crippen LogP contribution is 2.48. The number of benzene rings is 1. The van der Waals surface area contributed by atoms with Crippen molar-refractivity contribution in [2.24, 2.45) is 5.92 Å². The first-order chi connectivity index (χ1) is 12.1. The standard InChI is InChI=1S/C19H19BrN2O3/c20-17-7-6-16(25-17)19(24)22-10-8-21(9-11-22)18(23)15-12-14(15)13-4-2-1-3-5-13/h1-7,14-15H,8-12H2. The molecule has 4 rings (SSSR count). The number of halogens is 1. The molecule has 2 aromatic rings. The summed E-state index contributed by atoms with van der Waals surface area (Å²) in [4.78, 5) is 28.7. The average molecular weight is 403 g/mol. The molecule has 1 aromatic carbocycles. The van der Waals surface area contributed by atoms with Gasteiger partial charge in [0.25, 0.3) is 5.91 Å². The second kappa shape index (κ2) is 6.67. The van der Waals surface area contributed by atoms with Crippen molar-refractivity contribution in [1.29, 1.82) is 0 Å². The summed E-state index contributed by atoms with van der Waals surface area (Å²) in [7, 11) is 0. The lowest BCUT2D eigenvalue weighted by atomic mass is 10.1. The lowest BCUT2D eigenvalue weighted by Gasteiger charge is -2.34. The molecule has 6 heteroatoms. The summed E-state index contributed by atoms with van der Waals surface area (Å²) in [5.74, 6) is 0.894. The van der Waals surface area contributed by atoms with Gasteiger partial charge in [-0.3, -0.25) is 9.59 Å². The fraction of sp³-hybridized carbons (Fsp3) is 0.368. The Labute approximate surface area is 154 Å². The molecule has 1 aliphatic carbocycles. The monoisotopic (exact) mass is 402 g/mol. The van der Waals surface area contributed by atoms with Crippen molar-refractivity contribution in [2.75, 3.05) is 26.2 Å². The number of hydrogen-bond acceptors (Lipinski definition) is 3. The van der Waals surface area contributed by atoms with Crippen molar-refractivity contribution in [3.05, 3.63) is 58.5 Å². The van der Waals surface area contributed by atoms with E-state index in [4.69, 9.17) is 4.42 Å². The van der Waals surface area contributed by atoms with Crippen molar-refractivity contribution in [1.82, 2.24) is 9.80 Å². The number of carbonyl (C=O) groups is 2. The predicted octanol–water partition coefficient (Wildman–Crippen LogP) is 3.13. The third-order valence-electron chi connectivity index (χ3n) is 5.00. The number of hydrogen-bond donors (Lipinski definition) is 0. The zero-order chi connectivity index (χ0) is 17.4. The Bertz CT molecular complexity index is 781. The van der Waals surface area contributed by atoms with Gasteiger partial charge in [0.15, 0.2) is 10.4 Å². The van der Waals surface area contributed by atoms with Gasteiger partial charge in [-0.15, -0.1) is 0 Å². The van der Waals surface area contributed by atoms with Gasteiger partial charge < -0.3 is 14.2 Å². The predicted molar refractivity (Wildman–Crippen MR) is 96.2 cm³/mol. The molecule has 2 aliphatic rings. The van der Waals surface area contributed by atoms with E-state index in [0.717, 1.165) is 6.42 Å². The minimum atomic E-state index is -0.119. The number of nitrogens with zero attached hydrogens (tertiary/aromatic N) is 2. The topological polar surface area (TPSA) is 53.8 Å². The van der Waals surface area contributed by atoms with Crippen LogP contribution in [-0.4, -0.2) is 47.8 Å². The maximum Gasteiger partial charge on any atom is 0.289 e. The van der Waals surface area contributed by atoms with Gasteiger partial charge in [0.1, 0.15) is 0 Å². The molecule has 0 spiro atoms. The van der Waals surface area contributed by atoms with Gasteiger partial charge in [-0.25, -0.2) is 0 Å². The van der Waals surface area contributed by atoms with E-state index in [1.165, 1.54) is 5.56 Å². The van der Waals surface area contributed by atoms with E-state index in [1.54, 1.807) is 17.0 Å². The molecule has 2 amide bonds. The molecule has 1 aromatic heterocycles. The van der Waals surface area contributed by atoms with E-state index in [1.807, 2.05) is 23.1 Å². The summed E-state index contributed by atoms with van der Waals surface area (Å²) in [5.41, 5.74) is 1.25. The van der Waals surface area contributed by atoms with E-state index in [-0.39, 0.29) is 17.7 Å². The molecule has 0 N–H and O–H groups in total. The molecule has 5 nitrogen and oxygen atoms in total. The maximum atomic E-state index is 12.7. The van der Waals surface area contributed by atoms with Gasteiger partial charge in [-0.2, -0.15) is 0 Å². The number of amides is 2. The van der Waals surface area contributed by atoms with Crippen LogP contribution in [0.25, 0.3) is 0 Å². The van der Waals surface area contributed by atoms with Crippen molar-refractivity contribution < 1.29 is 14.0 Å². The Morgan fingerprint density at radius 2 is 1.64 bits per heavy atom. The molecule has 0 radical (unpaired) electrons. The van der Waals surface area contributed by atoms with Crippen LogP contribution in [0.3, 0.4) is 0 Å². The van der Waals surface area contributed by atoms with Gasteiger partial charge in [0.05, 0.1) is 0 Å². The SMILES string of the molecule is O=C(c1ccc(Br)o1)N1CCN(C(=O)C2CC2c2ccccc2)CC1. The number of rotatable bonds is 3. The van der Waals surface area contributed by atoms with E-state index in [2.05, 4.69) is 28.1 Å². The van der Waals surface area contributed by atoms with E-state index >= 15 is 0 Å². The summed E-state index contributed by atoms with van der Waals surface area (Å²) < 4.78 is 5.88. The fourth-order valence-corrected chi connectivity index (χ4v) is 3.79. The van der Waals surface area contributed by atoms with Crippen LogP contribution < -0.4 is 0 Å². The smallest absolute Gasteiger partial charge is 0.289 e. The Morgan fingerprint density at radius 3 is 2.28 bits per heavy atom. The largest absolute Gasteiger partial charge is 0.444 e. The first-order valence-electron chi connectivity index (χ1n) is 8.52. The number of piperazine rings is 1. The second-order valence-corrected chi connectivity index (χ2v) is 7.36. The minimum Gasteiger partial charge on any atom is -0.444 e. The summed E-state index contributed by atoms with van der Waals surface area (Å²) in [6.07, 6.45) is 0.933. The van der Waals surface area contributed by atoms with E-state index < -0.39 is 0 Å². The first kappa shape index (κ1) is 16.4. The quantitative estimate of drug-likeness (QED) is 0.792. The van der Waals surface area contributed by atoms with Crippen LogP contribution in [0, 0.1) is 5.92 Å². The Morgan fingerprint density at radius 1 is 0.960 bits per heavy atom. The van der Waals surface area contributed by atoms with Crippen LogP contribution in [0.1, 0.15) is 28.5 Å². The molecule has 1 aliphatic heterocycles. The van der Waals surface area contributed by atoms with Crippen molar-refractivity contribution in [3.63, 3.8) is 0 Å². The molecule has 25 heavy (non-hydrogen) atoms. The van der Waals surface area contributed by atoms with Gasteiger partial charge in [-0.1, -0.05) is 30.3 Å². The molecule has 2 heterocycles. The molecule has 130 valence electrons. The Kier molecular flexibility index (Phi) is 4.37. The maximum absolute atomic E-state index is 12.7. The van der Waals surface area contributed by atoms with Crippen LogP contribution in [0.2, 0.25) is 0 Å². The summed E-state index contributed by atoms with van der Waals surface area (Å²) in [6.45, 7) is 2.27. The molecular weight excluding hydrogens is 384 g/mol. The van der Waals surface area contributed by atoms with Crippen molar-refractivity contribution >= 4 is 27.7 Å². The zero-order valence-corrected chi connectivity index (χ0v) is 15.3. The highest BCUT2D eigenvalue weighted by atomic mass is 79.9. The third-order valence-corrected chi connectivity index (χ3v) is 5.42. The van der Waals surface area contributed by atoms with Crippen LogP contribution in [-0.2, 0) is 4.79 Å². The van der Waals surface area contributed by atoms with Crippen LogP contribution in [0.4, 0.5) is 0 Å². The molecule has 1 saturated heterocycles.